The number of nitro benzene ring substituents is 1. The summed E-state index contributed by atoms with van der Waals surface area (Å²) in [5.41, 5.74) is -0.424. The number of halogens is 1. The van der Waals surface area contributed by atoms with Gasteiger partial charge < -0.3 is 0 Å². The molecule has 0 saturated carbocycles. The summed E-state index contributed by atoms with van der Waals surface area (Å²) >= 11 is 3.14. The van der Waals surface area contributed by atoms with E-state index in [1.54, 1.807) is 0 Å². The normalized spacial score (nSPS) is 18.9. The van der Waals surface area contributed by atoms with Gasteiger partial charge in [-0.1, -0.05) is 28.1 Å². The Morgan fingerprint density at radius 3 is 2.70 bits per heavy atom. The molecule has 108 valence electrons. The molecule has 1 aliphatic carbocycles. The third kappa shape index (κ3) is 3.44. The Morgan fingerprint density at radius 2 is 2.10 bits per heavy atom. The second kappa shape index (κ2) is 6.02. The van der Waals surface area contributed by atoms with Crippen LogP contribution in [0, 0.1) is 10.1 Å². The summed E-state index contributed by atoms with van der Waals surface area (Å²) in [5.74, 6) is 0. The quantitative estimate of drug-likeness (QED) is 0.507. The van der Waals surface area contributed by atoms with Crippen LogP contribution in [0.4, 0.5) is 5.69 Å². The van der Waals surface area contributed by atoms with Gasteiger partial charge in [0.2, 0.25) is 10.0 Å². The highest BCUT2D eigenvalue weighted by molar-refractivity contribution is 9.10. The van der Waals surface area contributed by atoms with Crippen LogP contribution in [-0.4, -0.2) is 19.4 Å². The van der Waals surface area contributed by atoms with Crippen molar-refractivity contribution in [2.24, 2.45) is 0 Å². The van der Waals surface area contributed by atoms with Crippen molar-refractivity contribution < 1.29 is 13.3 Å². The van der Waals surface area contributed by atoms with E-state index in [0.29, 0.717) is 17.3 Å². The lowest BCUT2D eigenvalue weighted by atomic mass is 10.0. The van der Waals surface area contributed by atoms with Gasteiger partial charge in [-0.15, -0.1) is 0 Å². The van der Waals surface area contributed by atoms with Crippen LogP contribution in [0.1, 0.15) is 19.3 Å². The van der Waals surface area contributed by atoms with Crippen LogP contribution in [0.5, 0.6) is 0 Å². The summed E-state index contributed by atoms with van der Waals surface area (Å²) in [4.78, 5) is 9.95. The molecule has 0 amide bonds. The molecule has 1 aromatic rings. The number of nitrogens with one attached hydrogen (secondary N) is 1. The third-order valence-corrected chi connectivity index (χ3v) is 5.04. The number of hydrogen-bond acceptors (Lipinski definition) is 4. The monoisotopic (exact) mass is 360 g/mol. The van der Waals surface area contributed by atoms with Gasteiger partial charge in [0, 0.05) is 16.6 Å². The van der Waals surface area contributed by atoms with Crippen LogP contribution in [0.25, 0.3) is 0 Å². The van der Waals surface area contributed by atoms with Gasteiger partial charge in [-0.2, -0.15) is 0 Å². The van der Waals surface area contributed by atoms with E-state index >= 15 is 0 Å². The van der Waals surface area contributed by atoms with Gasteiger partial charge in [0.05, 0.1) is 4.92 Å². The van der Waals surface area contributed by atoms with E-state index in [0.717, 1.165) is 6.42 Å². The molecule has 0 heterocycles. The molecular formula is C12H13BrN2O4S. The maximum Gasteiger partial charge on any atom is 0.289 e. The number of sulfonamides is 1. The predicted octanol–water partition coefficient (Wildman–Crippen LogP) is 2.74. The molecule has 20 heavy (non-hydrogen) atoms. The first-order chi connectivity index (χ1) is 9.40. The number of rotatable bonds is 4. The first-order valence-corrected chi connectivity index (χ1v) is 8.29. The van der Waals surface area contributed by atoms with Gasteiger partial charge in [-0.25, -0.2) is 13.1 Å². The number of benzene rings is 1. The van der Waals surface area contributed by atoms with Crippen molar-refractivity contribution >= 4 is 31.6 Å². The van der Waals surface area contributed by atoms with E-state index in [1.165, 1.54) is 18.2 Å². The van der Waals surface area contributed by atoms with Crippen molar-refractivity contribution in [1.29, 1.82) is 0 Å². The molecule has 1 unspecified atom stereocenters. The summed E-state index contributed by atoms with van der Waals surface area (Å²) in [6, 6.07) is 3.66. The first kappa shape index (κ1) is 15.1. The lowest BCUT2D eigenvalue weighted by Crippen LogP contribution is -2.35. The molecule has 0 saturated heterocycles. The first-order valence-electron chi connectivity index (χ1n) is 6.01. The smallest absolute Gasteiger partial charge is 0.258 e. The molecule has 0 aliphatic heterocycles. The minimum atomic E-state index is -3.91. The molecule has 0 bridgehead atoms. The number of allylic oxidation sites excluding steroid dienone is 1. The molecule has 8 heteroatoms. The topological polar surface area (TPSA) is 89.3 Å². The second-order valence-corrected chi connectivity index (χ2v) is 7.07. The Morgan fingerprint density at radius 1 is 1.35 bits per heavy atom. The largest absolute Gasteiger partial charge is 0.289 e. The molecule has 0 radical (unpaired) electrons. The molecular weight excluding hydrogens is 348 g/mol. The number of hydrogen-bond donors (Lipinski definition) is 1. The molecule has 6 nitrogen and oxygen atoms in total. The minimum absolute atomic E-state index is 0.219. The third-order valence-electron chi connectivity index (χ3n) is 3.00. The lowest BCUT2D eigenvalue weighted by Gasteiger charge is -2.19. The Hall–Kier alpha value is -1.25. The SMILES string of the molecule is O=[N+]([O-])c1ccc(Br)cc1S(=O)(=O)NC1CC=CCC1. The van der Waals surface area contributed by atoms with E-state index in [-0.39, 0.29) is 10.9 Å². The highest BCUT2D eigenvalue weighted by Crippen LogP contribution is 2.28. The second-order valence-electron chi connectivity index (χ2n) is 4.47. The zero-order chi connectivity index (χ0) is 14.8. The van der Waals surface area contributed by atoms with Crippen molar-refractivity contribution in [3.8, 4) is 0 Å². The van der Waals surface area contributed by atoms with E-state index in [1.807, 2.05) is 12.2 Å². The Labute approximate surface area is 125 Å². The molecule has 1 atom stereocenters. The van der Waals surface area contributed by atoms with Crippen molar-refractivity contribution in [2.75, 3.05) is 0 Å². The fourth-order valence-electron chi connectivity index (χ4n) is 2.04. The Balaban J connectivity index is 2.35. The maximum absolute atomic E-state index is 12.3. The van der Waals surface area contributed by atoms with Gasteiger partial charge in [0.15, 0.2) is 4.90 Å². The average Bonchev–Trinajstić information content (AvgIpc) is 2.39. The molecule has 1 aliphatic rings. The molecule has 2 rings (SSSR count). The van der Waals surface area contributed by atoms with Crippen LogP contribution in [0.2, 0.25) is 0 Å². The standard InChI is InChI=1S/C12H13BrN2O4S/c13-9-6-7-11(15(16)17)12(8-9)20(18,19)14-10-4-2-1-3-5-10/h1-2,6-8,10,14H,3-5H2. The lowest BCUT2D eigenvalue weighted by molar-refractivity contribution is -0.387. The van der Waals surface area contributed by atoms with Gasteiger partial charge in [-0.05, 0) is 31.4 Å². The minimum Gasteiger partial charge on any atom is -0.258 e. The van der Waals surface area contributed by atoms with Crippen LogP contribution in [0.3, 0.4) is 0 Å². The molecule has 1 aromatic carbocycles. The van der Waals surface area contributed by atoms with Gasteiger partial charge in [0.25, 0.3) is 5.69 Å². The van der Waals surface area contributed by atoms with Crippen molar-refractivity contribution in [2.45, 2.75) is 30.2 Å². The maximum atomic E-state index is 12.3. The average molecular weight is 361 g/mol. The van der Waals surface area contributed by atoms with Crippen molar-refractivity contribution in [3.63, 3.8) is 0 Å². The van der Waals surface area contributed by atoms with E-state index in [2.05, 4.69) is 20.7 Å². The zero-order valence-corrected chi connectivity index (χ0v) is 12.9. The van der Waals surface area contributed by atoms with Crippen LogP contribution < -0.4 is 4.72 Å². The molecule has 0 spiro atoms. The predicted molar refractivity (Wildman–Crippen MR) is 77.9 cm³/mol. The summed E-state index contributed by atoms with van der Waals surface area (Å²) < 4.78 is 27.6. The number of nitrogens with zero attached hydrogens (tertiary/aromatic N) is 1. The van der Waals surface area contributed by atoms with Gasteiger partial charge in [0.1, 0.15) is 0 Å². The van der Waals surface area contributed by atoms with Crippen molar-refractivity contribution in [1.82, 2.24) is 4.72 Å². The van der Waals surface area contributed by atoms with Gasteiger partial charge in [-0.3, -0.25) is 10.1 Å². The van der Waals surface area contributed by atoms with Crippen molar-refractivity contribution in [3.05, 3.63) is 44.9 Å². The summed E-state index contributed by atoms with van der Waals surface area (Å²) in [7, 11) is -3.91. The molecule has 0 aromatic heterocycles. The highest BCUT2D eigenvalue weighted by Gasteiger charge is 2.28. The Kier molecular flexibility index (Phi) is 4.56. The van der Waals surface area contributed by atoms with E-state index < -0.39 is 20.6 Å². The highest BCUT2D eigenvalue weighted by atomic mass is 79.9. The molecule has 0 fully saturated rings. The van der Waals surface area contributed by atoms with Gasteiger partial charge >= 0.3 is 0 Å². The van der Waals surface area contributed by atoms with E-state index in [4.69, 9.17) is 0 Å². The van der Waals surface area contributed by atoms with E-state index in [9.17, 15) is 18.5 Å². The van der Waals surface area contributed by atoms with Crippen LogP contribution in [-0.2, 0) is 10.0 Å². The zero-order valence-electron chi connectivity index (χ0n) is 10.5. The van der Waals surface area contributed by atoms with Crippen LogP contribution in [0.15, 0.2) is 39.7 Å². The number of nitro groups is 1. The summed E-state index contributed by atoms with van der Waals surface area (Å²) in [6.07, 6.45) is 5.99. The molecule has 1 N–H and O–H groups in total. The summed E-state index contributed by atoms with van der Waals surface area (Å²) in [6.45, 7) is 0. The Bertz CT molecular complexity index is 657. The van der Waals surface area contributed by atoms with Crippen LogP contribution >= 0.6 is 15.9 Å². The fourth-order valence-corrected chi connectivity index (χ4v) is 4.03. The fraction of sp³-hybridized carbons (Fsp3) is 0.333. The summed E-state index contributed by atoms with van der Waals surface area (Å²) in [5, 5.41) is 11.0.